The summed E-state index contributed by atoms with van der Waals surface area (Å²) in [5, 5.41) is 5.99. The maximum absolute atomic E-state index is 11.3. The van der Waals surface area contributed by atoms with Crippen molar-refractivity contribution in [2.45, 2.75) is 6.42 Å². The first kappa shape index (κ1) is 18.6. The second-order valence-electron chi connectivity index (χ2n) is 6.33. The van der Waals surface area contributed by atoms with Gasteiger partial charge in [0.05, 0.1) is 25.2 Å². The zero-order valence-electron chi connectivity index (χ0n) is 15.1. The lowest BCUT2D eigenvalue weighted by molar-refractivity contribution is 0.297. The van der Waals surface area contributed by atoms with Crippen LogP contribution in [0.5, 0.6) is 11.5 Å². The van der Waals surface area contributed by atoms with Crippen LogP contribution in [0, 0.1) is 0 Å². The van der Waals surface area contributed by atoms with Crippen LogP contribution in [0.3, 0.4) is 0 Å². The number of sulfonamides is 1. The second-order valence-corrected chi connectivity index (χ2v) is 8.93. The zero-order chi connectivity index (χ0) is 19.6. The molecule has 2 heterocycles. The van der Waals surface area contributed by atoms with Crippen LogP contribution in [0.15, 0.2) is 47.8 Å². The molecular formula is C19H19N3O4S2. The second kappa shape index (κ2) is 7.69. The molecule has 0 amide bonds. The summed E-state index contributed by atoms with van der Waals surface area (Å²) >= 11 is 1.49. The quantitative estimate of drug-likeness (QED) is 0.650. The van der Waals surface area contributed by atoms with Crippen LogP contribution in [-0.4, -0.2) is 32.9 Å². The summed E-state index contributed by atoms with van der Waals surface area (Å²) in [4.78, 5) is 4.61. The Morgan fingerprint density at radius 2 is 1.71 bits per heavy atom. The molecule has 1 aliphatic heterocycles. The van der Waals surface area contributed by atoms with E-state index < -0.39 is 10.0 Å². The van der Waals surface area contributed by atoms with Crippen molar-refractivity contribution < 1.29 is 17.9 Å². The lowest BCUT2D eigenvalue weighted by atomic mass is 10.1. The fourth-order valence-corrected chi connectivity index (χ4v) is 4.06. The van der Waals surface area contributed by atoms with E-state index in [4.69, 9.17) is 9.47 Å². The van der Waals surface area contributed by atoms with Crippen molar-refractivity contribution in [1.82, 2.24) is 4.98 Å². The van der Waals surface area contributed by atoms with Gasteiger partial charge in [-0.25, -0.2) is 13.4 Å². The molecule has 2 N–H and O–H groups in total. The summed E-state index contributed by atoms with van der Waals surface area (Å²) in [5.41, 5.74) is 3.11. The van der Waals surface area contributed by atoms with Crippen LogP contribution in [0.25, 0.3) is 11.3 Å². The van der Waals surface area contributed by atoms with Crippen molar-refractivity contribution in [2.75, 3.05) is 29.5 Å². The molecule has 0 bridgehead atoms. The van der Waals surface area contributed by atoms with Crippen LogP contribution >= 0.6 is 11.3 Å². The average Bonchev–Trinajstić information content (AvgIpc) is 2.98. The van der Waals surface area contributed by atoms with E-state index in [1.54, 1.807) is 12.1 Å². The summed E-state index contributed by atoms with van der Waals surface area (Å²) in [5.74, 6) is 1.49. The van der Waals surface area contributed by atoms with Crippen LogP contribution in [0.1, 0.15) is 6.42 Å². The van der Waals surface area contributed by atoms with Crippen molar-refractivity contribution in [3.8, 4) is 22.8 Å². The summed E-state index contributed by atoms with van der Waals surface area (Å²) < 4.78 is 36.4. The molecule has 0 spiro atoms. The highest BCUT2D eigenvalue weighted by Crippen LogP contribution is 2.34. The number of hydrogen-bond acceptors (Lipinski definition) is 7. The zero-order valence-corrected chi connectivity index (χ0v) is 16.8. The summed E-state index contributed by atoms with van der Waals surface area (Å²) in [6.07, 6.45) is 1.99. The Balaban J connectivity index is 1.48. The van der Waals surface area contributed by atoms with Crippen LogP contribution in [-0.2, 0) is 10.0 Å². The van der Waals surface area contributed by atoms with Gasteiger partial charge in [0, 0.05) is 34.8 Å². The maximum Gasteiger partial charge on any atom is 0.229 e. The molecule has 0 fully saturated rings. The highest BCUT2D eigenvalue weighted by molar-refractivity contribution is 7.92. The van der Waals surface area contributed by atoms with Gasteiger partial charge < -0.3 is 14.8 Å². The fourth-order valence-electron chi connectivity index (χ4n) is 2.75. The first-order chi connectivity index (χ1) is 13.5. The van der Waals surface area contributed by atoms with E-state index in [-0.39, 0.29) is 0 Å². The Morgan fingerprint density at radius 3 is 2.46 bits per heavy atom. The SMILES string of the molecule is CS(=O)(=O)Nc1ccc(-c2csc(Nc3ccc4c(c3)OCCCO4)n2)cc1. The maximum atomic E-state index is 11.3. The van der Waals surface area contributed by atoms with E-state index in [0.717, 1.165) is 46.3 Å². The number of hydrogen-bond donors (Lipinski definition) is 2. The molecule has 1 aromatic heterocycles. The molecule has 0 saturated heterocycles. The highest BCUT2D eigenvalue weighted by atomic mass is 32.2. The molecule has 0 radical (unpaired) electrons. The topological polar surface area (TPSA) is 89.6 Å². The third-order valence-corrected chi connectivity index (χ3v) is 5.35. The first-order valence-corrected chi connectivity index (χ1v) is 11.4. The number of rotatable bonds is 5. The monoisotopic (exact) mass is 417 g/mol. The van der Waals surface area contributed by atoms with E-state index >= 15 is 0 Å². The number of fused-ring (bicyclic) bond motifs is 1. The third kappa shape index (κ3) is 4.55. The minimum absolute atomic E-state index is 0.520. The molecule has 0 saturated carbocycles. The molecule has 9 heteroatoms. The Morgan fingerprint density at radius 1 is 1.00 bits per heavy atom. The molecule has 1 aliphatic rings. The van der Waals surface area contributed by atoms with E-state index in [2.05, 4.69) is 15.0 Å². The van der Waals surface area contributed by atoms with Gasteiger partial charge in [-0.2, -0.15) is 0 Å². The Hall–Kier alpha value is -2.78. The Kier molecular flexibility index (Phi) is 5.10. The van der Waals surface area contributed by atoms with Crippen LogP contribution in [0.2, 0.25) is 0 Å². The van der Waals surface area contributed by atoms with Gasteiger partial charge in [0.25, 0.3) is 0 Å². The molecule has 0 unspecified atom stereocenters. The van der Waals surface area contributed by atoms with E-state index in [1.165, 1.54) is 11.3 Å². The first-order valence-electron chi connectivity index (χ1n) is 8.67. The van der Waals surface area contributed by atoms with Crippen molar-refractivity contribution in [3.05, 3.63) is 47.8 Å². The summed E-state index contributed by atoms with van der Waals surface area (Å²) in [6.45, 7) is 1.30. The van der Waals surface area contributed by atoms with Crippen LogP contribution in [0.4, 0.5) is 16.5 Å². The summed E-state index contributed by atoms with van der Waals surface area (Å²) in [7, 11) is -3.29. The predicted molar refractivity (Wildman–Crippen MR) is 111 cm³/mol. The van der Waals surface area contributed by atoms with Crippen molar-refractivity contribution in [3.63, 3.8) is 0 Å². The van der Waals surface area contributed by atoms with Gasteiger partial charge in [0.15, 0.2) is 16.6 Å². The highest BCUT2D eigenvalue weighted by Gasteiger charge is 2.12. The largest absolute Gasteiger partial charge is 0.490 e. The van der Waals surface area contributed by atoms with Gasteiger partial charge in [0.1, 0.15) is 0 Å². The molecule has 0 aliphatic carbocycles. The number of ether oxygens (including phenoxy) is 2. The van der Waals surface area contributed by atoms with Crippen molar-refractivity contribution in [2.24, 2.45) is 0 Å². The predicted octanol–water partition coefficient (Wildman–Crippen LogP) is 4.09. The van der Waals surface area contributed by atoms with Gasteiger partial charge in [-0.05, 0) is 24.3 Å². The van der Waals surface area contributed by atoms with E-state index in [1.807, 2.05) is 35.7 Å². The molecule has 0 atom stereocenters. The molecule has 7 nitrogen and oxygen atoms in total. The Bertz CT molecular complexity index is 1080. The van der Waals surface area contributed by atoms with Gasteiger partial charge in [-0.3, -0.25) is 4.72 Å². The normalized spacial score (nSPS) is 13.6. The molecule has 4 rings (SSSR count). The molecule has 3 aromatic rings. The summed E-state index contributed by atoms with van der Waals surface area (Å²) in [6, 6.07) is 12.8. The minimum atomic E-state index is -3.29. The lowest BCUT2D eigenvalue weighted by Gasteiger charge is -2.09. The lowest BCUT2D eigenvalue weighted by Crippen LogP contribution is -2.09. The minimum Gasteiger partial charge on any atom is -0.490 e. The number of aromatic nitrogens is 1. The number of nitrogens with zero attached hydrogens (tertiary/aromatic N) is 1. The number of thiazole rings is 1. The molecular weight excluding hydrogens is 398 g/mol. The van der Waals surface area contributed by atoms with Gasteiger partial charge >= 0.3 is 0 Å². The Labute approximate surface area is 167 Å². The van der Waals surface area contributed by atoms with Crippen molar-refractivity contribution >= 4 is 37.9 Å². The van der Waals surface area contributed by atoms with Crippen molar-refractivity contribution in [1.29, 1.82) is 0 Å². The number of anilines is 3. The fraction of sp³-hybridized carbons (Fsp3) is 0.211. The van der Waals surface area contributed by atoms with Gasteiger partial charge in [0.2, 0.25) is 10.0 Å². The standard InChI is InChI=1S/C19H19N3O4S2/c1-28(23,24)22-14-5-3-13(4-6-14)16-12-27-19(21-16)20-15-7-8-17-18(11-15)26-10-2-9-25-17/h3-8,11-12,22H,2,9-10H2,1H3,(H,20,21). The molecule has 28 heavy (non-hydrogen) atoms. The number of nitrogens with one attached hydrogen (secondary N) is 2. The van der Waals surface area contributed by atoms with E-state index in [9.17, 15) is 8.42 Å². The van der Waals surface area contributed by atoms with Gasteiger partial charge in [-0.1, -0.05) is 12.1 Å². The average molecular weight is 418 g/mol. The number of benzene rings is 2. The molecule has 146 valence electrons. The third-order valence-electron chi connectivity index (χ3n) is 3.99. The molecule has 2 aromatic carbocycles. The smallest absolute Gasteiger partial charge is 0.229 e. The van der Waals surface area contributed by atoms with E-state index in [0.29, 0.717) is 18.9 Å². The van der Waals surface area contributed by atoms with Crippen LogP contribution < -0.4 is 19.5 Å². The van der Waals surface area contributed by atoms with Gasteiger partial charge in [-0.15, -0.1) is 11.3 Å².